The standard InChI is InChI=1S/C13H14N6/c14-8-10-9-17-12(11-15-4-5-16-11)18-13(10)19-6-2-1-3-7-19/h4-5,9H,1-3,6-7H2,(H,15,16). The highest BCUT2D eigenvalue weighted by Crippen LogP contribution is 2.23. The molecule has 3 rings (SSSR count). The molecule has 0 atom stereocenters. The van der Waals surface area contributed by atoms with Crippen LogP contribution in [0.5, 0.6) is 0 Å². The summed E-state index contributed by atoms with van der Waals surface area (Å²) in [5.74, 6) is 1.89. The molecule has 1 fully saturated rings. The van der Waals surface area contributed by atoms with Gasteiger partial charge in [-0.25, -0.2) is 15.0 Å². The second kappa shape index (κ2) is 5.06. The van der Waals surface area contributed by atoms with Gasteiger partial charge in [-0.15, -0.1) is 0 Å². The number of piperidine rings is 1. The smallest absolute Gasteiger partial charge is 0.197 e. The number of nitrogens with zero attached hydrogens (tertiary/aromatic N) is 5. The van der Waals surface area contributed by atoms with Gasteiger partial charge in [-0.3, -0.25) is 0 Å². The molecule has 0 bridgehead atoms. The van der Waals surface area contributed by atoms with Crippen LogP contribution in [-0.2, 0) is 0 Å². The molecule has 96 valence electrons. The first-order valence-electron chi connectivity index (χ1n) is 6.40. The maximum Gasteiger partial charge on any atom is 0.197 e. The molecule has 6 nitrogen and oxygen atoms in total. The van der Waals surface area contributed by atoms with Crippen LogP contribution in [0.4, 0.5) is 5.82 Å². The molecule has 3 heterocycles. The second-order valence-corrected chi connectivity index (χ2v) is 4.53. The van der Waals surface area contributed by atoms with E-state index in [1.807, 2.05) is 0 Å². The van der Waals surface area contributed by atoms with E-state index < -0.39 is 0 Å². The zero-order valence-electron chi connectivity index (χ0n) is 10.5. The minimum Gasteiger partial charge on any atom is -0.355 e. The Kier molecular flexibility index (Phi) is 3.11. The maximum atomic E-state index is 9.19. The summed E-state index contributed by atoms with van der Waals surface area (Å²) in [6, 6.07) is 2.17. The summed E-state index contributed by atoms with van der Waals surface area (Å²) >= 11 is 0. The van der Waals surface area contributed by atoms with Crippen molar-refractivity contribution >= 4 is 5.82 Å². The molecule has 1 N–H and O–H groups in total. The Balaban J connectivity index is 2.00. The summed E-state index contributed by atoms with van der Waals surface area (Å²) in [4.78, 5) is 18.0. The van der Waals surface area contributed by atoms with Crippen LogP contribution in [0.1, 0.15) is 24.8 Å². The van der Waals surface area contributed by atoms with Crippen LogP contribution in [0.15, 0.2) is 18.6 Å². The number of hydrogen-bond acceptors (Lipinski definition) is 5. The van der Waals surface area contributed by atoms with Crippen molar-refractivity contribution in [3.8, 4) is 17.7 Å². The lowest BCUT2D eigenvalue weighted by Gasteiger charge is -2.28. The number of hydrogen-bond donors (Lipinski definition) is 1. The van der Waals surface area contributed by atoms with E-state index in [9.17, 15) is 5.26 Å². The molecule has 1 aliphatic heterocycles. The Morgan fingerprint density at radius 1 is 1.21 bits per heavy atom. The fourth-order valence-corrected chi connectivity index (χ4v) is 2.30. The summed E-state index contributed by atoms with van der Waals surface area (Å²) in [7, 11) is 0. The molecule has 0 aliphatic carbocycles. The lowest BCUT2D eigenvalue weighted by molar-refractivity contribution is 0.573. The second-order valence-electron chi connectivity index (χ2n) is 4.53. The Labute approximate surface area is 111 Å². The molecule has 0 aromatic carbocycles. The van der Waals surface area contributed by atoms with Crippen LogP contribution in [0.2, 0.25) is 0 Å². The predicted octanol–water partition coefficient (Wildman–Crippen LogP) is 1.73. The quantitative estimate of drug-likeness (QED) is 0.882. The highest BCUT2D eigenvalue weighted by molar-refractivity contribution is 5.57. The number of rotatable bonds is 2. The average molecular weight is 254 g/mol. The van der Waals surface area contributed by atoms with E-state index in [-0.39, 0.29) is 0 Å². The van der Waals surface area contributed by atoms with Crippen molar-refractivity contribution in [2.45, 2.75) is 19.3 Å². The van der Waals surface area contributed by atoms with Gasteiger partial charge in [0.15, 0.2) is 17.5 Å². The van der Waals surface area contributed by atoms with Gasteiger partial charge in [0.2, 0.25) is 0 Å². The molecule has 2 aromatic heterocycles. The molecule has 0 spiro atoms. The monoisotopic (exact) mass is 254 g/mol. The van der Waals surface area contributed by atoms with Crippen LogP contribution in [0.3, 0.4) is 0 Å². The van der Waals surface area contributed by atoms with E-state index in [2.05, 4.69) is 30.9 Å². The van der Waals surface area contributed by atoms with Crippen molar-refractivity contribution in [1.82, 2.24) is 19.9 Å². The summed E-state index contributed by atoms with van der Waals surface area (Å²) in [6.45, 7) is 1.90. The fraction of sp³-hybridized carbons (Fsp3) is 0.385. The van der Waals surface area contributed by atoms with Crippen molar-refractivity contribution in [1.29, 1.82) is 5.26 Å². The van der Waals surface area contributed by atoms with Gasteiger partial charge in [0.25, 0.3) is 0 Å². The highest BCUT2D eigenvalue weighted by atomic mass is 15.2. The van der Waals surface area contributed by atoms with Crippen molar-refractivity contribution in [2.75, 3.05) is 18.0 Å². The van der Waals surface area contributed by atoms with E-state index in [0.29, 0.717) is 17.2 Å². The first-order valence-corrected chi connectivity index (χ1v) is 6.40. The Morgan fingerprint density at radius 2 is 2.05 bits per heavy atom. The van der Waals surface area contributed by atoms with E-state index in [1.54, 1.807) is 18.6 Å². The number of imidazole rings is 1. The third-order valence-corrected chi connectivity index (χ3v) is 3.25. The van der Waals surface area contributed by atoms with Crippen LogP contribution in [-0.4, -0.2) is 33.0 Å². The number of aromatic amines is 1. The molecule has 19 heavy (non-hydrogen) atoms. The topological polar surface area (TPSA) is 81.5 Å². The largest absolute Gasteiger partial charge is 0.355 e. The number of nitriles is 1. The van der Waals surface area contributed by atoms with Crippen molar-refractivity contribution in [2.24, 2.45) is 0 Å². The minimum atomic E-state index is 0.525. The summed E-state index contributed by atoms with van der Waals surface area (Å²) < 4.78 is 0. The third kappa shape index (κ3) is 2.27. The summed E-state index contributed by atoms with van der Waals surface area (Å²) in [5, 5.41) is 9.19. The van der Waals surface area contributed by atoms with Gasteiger partial charge in [0, 0.05) is 25.5 Å². The molecule has 1 saturated heterocycles. The van der Waals surface area contributed by atoms with Crippen molar-refractivity contribution in [3.63, 3.8) is 0 Å². The summed E-state index contributed by atoms with van der Waals surface area (Å²) in [5.41, 5.74) is 0.525. The van der Waals surface area contributed by atoms with Gasteiger partial charge >= 0.3 is 0 Å². The van der Waals surface area contributed by atoms with Gasteiger partial charge in [-0.05, 0) is 19.3 Å². The Morgan fingerprint density at radius 3 is 2.74 bits per heavy atom. The van der Waals surface area contributed by atoms with Gasteiger partial charge in [-0.2, -0.15) is 5.26 Å². The number of aromatic nitrogens is 4. The van der Waals surface area contributed by atoms with Gasteiger partial charge in [0.1, 0.15) is 11.6 Å². The number of anilines is 1. The molecule has 0 radical (unpaired) electrons. The first kappa shape index (κ1) is 11.7. The molecular weight excluding hydrogens is 240 g/mol. The normalized spacial score (nSPS) is 15.2. The molecule has 2 aromatic rings. The van der Waals surface area contributed by atoms with E-state index in [1.165, 1.54) is 6.42 Å². The van der Waals surface area contributed by atoms with E-state index in [0.717, 1.165) is 31.7 Å². The van der Waals surface area contributed by atoms with Crippen molar-refractivity contribution < 1.29 is 0 Å². The van der Waals surface area contributed by atoms with Crippen LogP contribution in [0, 0.1) is 11.3 Å². The molecule has 0 amide bonds. The third-order valence-electron chi connectivity index (χ3n) is 3.25. The lowest BCUT2D eigenvalue weighted by atomic mass is 10.1. The van der Waals surface area contributed by atoms with Gasteiger partial charge < -0.3 is 9.88 Å². The van der Waals surface area contributed by atoms with Gasteiger partial charge in [0.05, 0.1) is 6.20 Å². The predicted molar refractivity (Wildman–Crippen MR) is 70.4 cm³/mol. The summed E-state index contributed by atoms with van der Waals surface area (Å²) in [6.07, 6.45) is 8.51. The van der Waals surface area contributed by atoms with E-state index in [4.69, 9.17) is 0 Å². The molecule has 0 unspecified atom stereocenters. The average Bonchev–Trinajstić information content (AvgIpc) is 3.02. The number of nitrogens with one attached hydrogen (secondary N) is 1. The minimum absolute atomic E-state index is 0.525. The van der Waals surface area contributed by atoms with Crippen LogP contribution >= 0.6 is 0 Å². The zero-order chi connectivity index (χ0) is 13.1. The molecule has 0 saturated carbocycles. The molecule has 6 heteroatoms. The highest BCUT2D eigenvalue weighted by Gasteiger charge is 2.18. The first-order chi connectivity index (χ1) is 9.38. The molecule has 1 aliphatic rings. The maximum absolute atomic E-state index is 9.19. The fourth-order valence-electron chi connectivity index (χ4n) is 2.30. The SMILES string of the molecule is N#Cc1cnc(-c2ncc[nH]2)nc1N1CCCCC1. The van der Waals surface area contributed by atoms with E-state index >= 15 is 0 Å². The van der Waals surface area contributed by atoms with Crippen LogP contribution in [0.25, 0.3) is 11.6 Å². The van der Waals surface area contributed by atoms with Crippen molar-refractivity contribution in [3.05, 3.63) is 24.2 Å². The van der Waals surface area contributed by atoms with Crippen LogP contribution < -0.4 is 4.90 Å². The zero-order valence-corrected chi connectivity index (χ0v) is 10.5. The number of H-pyrrole nitrogens is 1. The lowest BCUT2D eigenvalue weighted by Crippen LogP contribution is -2.31. The molecular formula is C13H14N6. The Hall–Kier alpha value is -2.42. The Bertz CT molecular complexity index is 592. The van der Waals surface area contributed by atoms with Gasteiger partial charge in [-0.1, -0.05) is 0 Å².